The first-order valence-corrected chi connectivity index (χ1v) is 5.61. The van der Waals surface area contributed by atoms with Crippen molar-refractivity contribution in [2.45, 2.75) is 25.9 Å². The number of amides is 2. The summed E-state index contributed by atoms with van der Waals surface area (Å²) in [4.78, 5) is 21.7. The molecule has 7 heteroatoms. The van der Waals surface area contributed by atoms with Crippen LogP contribution in [0, 0.1) is 5.92 Å². The number of halogens is 3. The van der Waals surface area contributed by atoms with Crippen LogP contribution in [0.25, 0.3) is 0 Å². The molecule has 0 radical (unpaired) electrons. The monoisotopic (exact) mass is 264 g/mol. The lowest BCUT2D eigenvalue weighted by atomic mass is 10.2. The molecule has 0 aromatic rings. The molecular formula is C11H15F3N2O2. The lowest BCUT2D eigenvalue weighted by Gasteiger charge is -2.08. The summed E-state index contributed by atoms with van der Waals surface area (Å²) in [5.41, 5.74) is 0.979. The van der Waals surface area contributed by atoms with Gasteiger partial charge in [0.2, 0.25) is 5.91 Å². The Kier molecular flexibility index (Phi) is 4.75. The molecule has 0 spiro atoms. The average molecular weight is 264 g/mol. The number of hydrogen-bond acceptors (Lipinski definition) is 2. The summed E-state index contributed by atoms with van der Waals surface area (Å²) in [6.45, 7) is 1.57. The lowest BCUT2D eigenvalue weighted by Crippen LogP contribution is -2.41. The molecule has 0 heterocycles. The molecule has 2 amide bonds. The Hall–Kier alpha value is -1.53. The van der Waals surface area contributed by atoms with Gasteiger partial charge in [-0.2, -0.15) is 13.2 Å². The lowest BCUT2D eigenvalue weighted by molar-refractivity contribution is -0.173. The first-order valence-electron chi connectivity index (χ1n) is 5.61. The van der Waals surface area contributed by atoms with Crippen LogP contribution in [0.1, 0.15) is 19.8 Å². The van der Waals surface area contributed by atoms with Crippen molar-refractivity contribution < 1.29 is 22.8 Å². The molecule has 0 unspecified atom stereocenters. The molecule has 1 aliphatic carbocycles. The molecule has 0 aliphatic heterocycles. The Morgan fingerprint density at radius 1 is 1.22 bits per heavy atom. The molecule has 1 saturated carbocycles. The Morgan fingerprint density at radius 3 is 2.28 bits per heavy atom. The molecule has 102 valence electrons. The van der Waals surface area contributed by atoms with E-state index < -0.39 is 12.1 Å². The number of carbonyl (C=O) groups is 2. The molecule has 0 atom stereocenters. The van der Waals surface area contributed by atoms with Gasteiger partial charge in [0.15, 0.2) is 0 Å². The number of nitrogens with one attached hydrogen (secondary N) is 2. The topological polar surface area (TPSA) is 58.2 Å². The SMILES string of the molecule is C/C(=C\C(=O)NCCNC(=O)C(F)(F)F)C1CC1. The number of alkyl halides is 3. The van der Waals surface area contributed by atoms with Crippen LogP contribution in [-0.4, -0.2) is 31.1 Å². The molecule has 2 N–H and O–H groups in total. The molecule has 1 rings (SSSR count). The maximum atomic E-state index is 11.8. The average Bonchev–Trinajstić information content (AvgIpc) is 3.06. The van der Waals surface area contributed by atoms with E-state index in [1.54, 1.807) is 5.32 Å². The van der Waals surface area contributed by atoms with Crippen molar-refractivity contribution in [3.63, 3.8) is 0 Å². The van der Waals surface area contributed by atoms with E-state index in [4.69, 9.17) is 0 Å². The van der Waals surface area contributed by atoms with Gasteiger partial charge in [0.25, 0.3) is 0 Å². The van der Waals surface area contributed by atoms with Gasteiger partial charge in [0.05, 0.1) is 0 Å². The van der Waals surface area contributed by atoms with Gasteiger partial charge >= 0.3 is 12.1 Å². The fourth-order valence-corrected chi connectivity index (χ4v) is 1.38. The quantitative estimate of drug-likeness (QED) is 0.578. The summed E-state index contributed by atoms with van der Waals surface area (Å²) in [5.74, 6) is -1.87. The largest absolute Gasteiger partial charge is 0.471 e. The van der Waals surface area contributed by atoms with Crippen LogP contribution >= 0.6 is 0 Å². The zero-order chi connectivity index (χ0) is 13.8. The van der Waals surface area contributed by atoms with Gasteiger partial charge in [0, 0.05) is 19.2 Å². The molecular weight excluding hydrogens is 249 g/mol. The highest BCUT2D eigenvalue weighted by Crippen LogP contribution is 2.35. The normalized spacial score (nSPS) is 16.3. The van der Waals surface area contributed by atoms with Crippen molar-refractivity contribution in [1.29, 1.82) is 0 Å². The number of carbonyl (C=O) groups excluding carboxylic acids is 2. The van der Waals surface area contributed by atoms with Gasteiger partial charge < -0.3 is 10.6 Å². The van der Waals surface area contributed by atoms with Crippen LogP contribution in [0.5, 0.6) is 0 Å². The van der Waals surface area contributed by atoms with E-state index in [9.17, 15) is 22.8 Å². The number of rotatable bonds is 5. The van der Waals surface area contributed by atoms with Gasteiger partial charge in [0.1, 0.15) is 0 Å². The second kappa shape index (κ2) is 5.88. The van der Waals surface area contributed by atoms with Crippen molar-refractivity contribution in [3.8, 4) is 0 Å². The summed E-state index contributed by atoms with van der Waals surface area (Å²) in [7, 11) is 0. The van der Waals surface area contributed by atoms with E-state index in [0.717, 1.165) is 18.4 Å². The van der Waals surface area contributed by atoms with Crippen molar-refractivity contribution >= 4 is 11.8 Å². The van der Waals surface area contributed by atoms with E-state index in [1.807, 2.05) is 6.92 Å². The second-order valence-corrected chi connectivity index (χ2v) is 4.21. The van der Waals surface area contributed by atoms with Gasteiger partial charge in [-0.05, 0) is 25.7 Å². The zero-order valence-corrected chi connectivity index (χ0v) is 9.93. The molecule has 1 fully saturated rings. The van der Waals surface area contributed by atoms with Crippen molar-refractivity contribution in [2.75, 3.05) is 13.1 Å². The van der Waals surface area contributed by atoms with Crippen LogP contribution < -0.4 is 10.6 Å². The maximum Gasteiger partial charge on any atom is 0.471 e. The Morgan fingerprint density at radius 2 is 1.78 bits per heavy atom. The summed E-state index contributed by atoms with van der Waals surface area (Å²) in [5, 5.41) is 4.07. The van der Waals surface area contributed by atoms with E-state index in [2.05, 4.69) is 5.32 Å². The second-order valence-electron chi connectivity index (χ2n) is 4.21. The standard InChI is InChI=1S/C11H15F3N2O2/c1-7(8-2-3-8)6-9(17)15-4-5-16-10(18)11(12,13)14/h6,8H,2-5H2,1H3,(H,15,17)(H,16,18)/b7-6+. The molecule has 0 aromatic heterocycles. The third-order valence-corrected chi connectivity index (χ3v) is 2.55. The summed E-state index contributed by atoms with van der Waals surface area (Å²) < 4.78 is 35.4. The predicted molar refractivity (Wildman–Crippen MR) is 58.6 cm³/mol. The summed E-state index contributed by atoms with van der Waals surface area (Å²) in [6, 6.07) is 0. The summed E-state index contributed by atoms with van der Waals surface area (Å²) >= 11 is 0. The fraction of sp³-hybridized carbons (Fsp3) is 0.636. The highest BCUT2D eigenvalue weighted by atomic mass is 19.4. The van der Waals surface area contributed by atoms with Gasteiger partial charge in [-0.15, -0.1) is 0 Å². The molecule has 0 aromatic carbocycles. The predicted octanol–water partition coefficient (Wildman–Crippen LogP) is 1.14. The van der Waals surface area contributed by atoms with Crippen molar-refractivity contribution in [1.82, 2.24) is 10.6 Å². The van der Waals surface area contributed by atoms with Crippen LogP contribution in [0.15, 0.2) is 11.6 Å². The van der Waals surface area contributed by atoms with E-state index in [-0.39, 0.29) is 19.0 Å². The Labute approximate surface area is 103 Å². The van der Waals surface area contributed by atoms with Crippen LogP contribution in [0.4, 0.5) is 13.2 Å². The first kappa shape index (κ1) is 14.5. The fourth-order valence-electron chi connectivity index (χ4n) is 1.38. The van der Waals surface area contributed by atoms with Crippen molar-refractivity contribution in [3.05, 3.63) is 11.6 Å². The number of hydrogen-bond donors (Lipinski definition) is 2. The van der Waals surface area contributed by atoms with Gasteiger partial charge in [-0.3, -0.25) is 9.59 Å². The van der Waals surface area contributed by atoms with Crippen molar-refractivity contribution in [2.24, 2.45) is 5.92 Å². The molecule has 0 saturated heterocycles. The smallest absolute Gasteiger partial charge is 0.351 e. The molecule has 1 aliphatic rings. The van der Waals surface area contributed by atoms with E-state index >= 15 is 0 Å². The minimum atomic E-state index is -4.88. The first-order chi connectivity index (χ1) is 8.30. The minimum Gasteiger partial charge on any atom is -0.351 e. The number of allylic oxidation sites excluding steroid dienone is 1. The van der Waals surface area contributed by atoms with E-state index in [0.29, 0.717) is 5.92 Å². The minimum absolute atomic E-state index is 0.0326. The Bertz CT molecular complexity index is 360. The molecule has 18 heavy (non-hydrogen) atoms. The molecule has 0 bridgehead atoms. The van der Waals surface area contributed by atoms with E-state index in [1.165, 1.54) is 6.08 Å². The van der Waals surface area contributed by atoms with Gasteiger partial charge in [-0.1, -0.05) is 5.57 Å². The van der Waals surface area contributed by atoms with Crippen LogP contribution in [-0.2, 0) is 9.59 Å². The third-order valence-electron chi connectivity index (χ3n) is 2.55. The highest BCUT2D eigenvalue weighted by Gasteiger charge is 2.38. The van der Waals surface area contributed by atoms with Crippen LogP contribution in [0.3, 0.4) is 0 Å². The molecule has 4 nitrogen and oxygen atoms in total. The summed E-state index contributed by atoms with van der Waals surface area (Å²) in [6.07, 6.45) is -1.27. The third kappa shape index (κ3) is 5.20. The van der Waals surface area contributed by atoms with Crippen LogP contribution in [0.2, 0.25) is 0 Å². The maximum absolute atomic E-state index is 11.8. The zero-order valence-electron chi connectivity index (χ0n) is 9.93. The Balaban J connectivity index is 2.16. The highest BCUT2D eigenvalue weighted by molar-refractivity contribution is 5.88. The van der Waals surface area contributed by atoms with Gasteiger partial charge in [-0.25, -0.2) is 0 Å².